The van der Waals surface area contributed by atoms with Gasteiger partial charge in [-0.2, -0.15) is 9.78 Å². The third-order valence-corrected chi connectivity index (χ3v) is 6.13. The van der Waals surface area contributed by atoms with Crippen LogP contribution in [0.4, 0.5) is 0 Å². The van der Waals surface area contributed by atoms with Crippen molar-refractivity contribution in [2.75, 3.05) is 20.3 Å². The number of rotatable bonds is 10. The topological polar surface area (TPSA) is 112 Å². The van der Waals surface area contributed by atoms with E-state index in [2.05, 4.69) is 18.9 Å². The number of nitrogens with zero attached hydrogens (tertiary/aromatic N) is 3. The van der Waals surface area contributed by atoms with Gasteiger partial charge in [0.05, 0.1) is 30.8 Å². The smallest absolute Gasteiger partial charge is 0.341 e. The number of aryl methyl sites for hydroxylation is 1. The largest absolute Gasteiger partial charge is 0.494 e. The van der Waals surface area contributed by atoms with Crippen LogP contribution in [0.3, 0.4) is 0 Å². The van der Waals surface area contributed by atoms with Crippen molar-refractivity contribution in [3.05, 3.63) is 81.6 Å². The van der Waals surface area contributed by atoms with E-state index in [4.69, 9.17) is 24.3 Å². The van der Waals surface area contributed by atoms with Crippen LogP contribution in [0, 0.1) is 6.92 Å². The molecule has 1 aromatic heterocycles. The zero-order valence-electron chi connectivity index (χ0n) is 22.6. The minimum absolute atomic E-state index is 0.185. The summed E-state index contributed by atoms with van der Waals surface area (Å²) in [6.07, 6.45) is 1.53. The molecule has 3 aromatic carbocycles. The Balaban J connectivity index is 1.87. The summed E-state index contributed by atoms with van der Waals surface area (Å²) in [4.78, 5) is 29.4. The molecule has 1 heterocycles. The standard InChI is InChI=1S/C30H31N3O6/c1-6-38-26-13-19(4)23(15-22(26)18(2)3)29-32-24-10-8-7-9-21(24)30(36)33(29)31-16-20-11-12-25(27(14-20)37-5)39-17-28(34)35/h7-16,18H,6,17H2,1-5H3,(H,34,35). The van der Waals surface area contributed by atoms with Gasteiger partial charge >= 0.3 is 5.97 Å². The van der Waals surface area contributed by atoms with Gasteiger partial charge in [0.2, 0.25) is 0 Å². The lowest BCUT2D eigenvalue weighted by molar-refractivity contribution is -0.139. The zero-order valence-corrected chi connectivity index (χ0v) is 22.6. The molecule has 0 aliphatic heterocycles. The van der Waals surface area contributed by atoms with Crippen LogP contribution in [-0.2, 0) is 4.79 Å². The molecular formula is C30H31N3O6. The molecule has 0 aliphatic carbocycles. The molecule has 0 spiro atoms. The lowest BCUT2D eigenvalue weighted by atomic mass is 9.96. The number of aliphatic carboxylic acids is 1. The normalized spacial score (nSPS) is 11.3. The lowest BCUT2D eigenvalue weighted by Crippen LogP contribution is -2.21. The van der Waals surface area contributed by atoms with Gasteiger partial charge in [-0.1, -0.05) is 26.0 Å². The highest BCUT2D eigenvalue weighted by Crippen LogP contribution is 2.34. The minimum atomic E-state index is -1.09. The number of carboxylic acid groups (broad SMARTS) is 1. The maximum Gasteiger partial charge on any atom is 0.341 e. The molecule has 1 N–H and O–H groups in total. The van der Waals surface area contributed by atoms with E-state index in [1.165, 1.54) is 18.0 Å². The fourth-order valence-corrected chi connectivity index (χ4v) is 4.22. The number of benzene rings is 3. The van der Waals surface area contributed by atoms with Gasteiger partial charge < -0.3 is 19.3 Å². The molecule has 0 fully saturated rings. The third kappa shape index (κ3) is 5.93. The Morgan fingerprint density at radius 1 is 1.08 bits per heavy atom. The minimum Gasteiger partial charge on any atom is -0.494 e. The van der Waals surface area contributed by atoms with Crippen LogP contribution in [0.5, 0.6) is 17.2 Å². The Labute approximate surface area is 226 Å². The third-order valence-electron chi connectivity index (χ3n) is 6.13. The Kier molecular flexibility index (Phi) is 8.29. The van der Waals surface area contributed by atoms with Crippen LogP contribution in [0.25, 0.3) is 22.3 Å². The fourth-order valence-electron chi connectivity index (χ4n) is 4.22. The van der Waals surface area contributed by atoms with Crippen LogP contribution >= 0.6 is 0 Å². The van der Waals surface area contributed by atoms with Crippen molar-refractivity contribution < 1.29 is 24.1 Å². The number of aromatic nitrogens is 2. The van der Waals surface area contributed by atoms with E-state index in [1.807, 2.05) is 38.1 Å². The van der Waals surface area contributed by atoms with E-state index < -0.39 is 12.6 Å². The monoisotopic (exact) mass is 529 g/mol. The molecule has 0 bridgehead atoms. The van der Waals surface area contributed by atoms with E-state index in [0.29, 0.717) is 34.6 Å². The first-order valence-corrected chi connectivity index (χ1v) is 12.6. The van der Waals surface area contributed by atoms with Gasteiger partial charge in [-0.05, 0) is 78.9 Å². The van der Waals surface area contributed by atoms with Crippen molar-refractivity contribution in [3.8, 4) is 28.6 Å². The van der Waals surface area contributed by atoms with Crippen LogP contribution in [-0.4, -0.2) is 47.3 Å². The van der Waals surface area contributed by atoms with Crippen molar-refractivity contribution >= 4 is 23.1 Å². The Morgan fingerprint density at radius 3 is 2.54 bits per heavy atom. The number of hydrogen-bond donors (Lipinski definition) is 1. The van der Waals surface area contributed by atoms with Crippen molar-refractivity contribution in [2.24, 2.45) is 5.10 Å². The number of fused-ring (bicyclic) bond motifs is 1. The molecule has 0 unspecified atom stereocenters. The molecule has 9 heteroatoms. The second-order valence-electron chi connectivity index (χ2n) is 9.20. The van der Waals surface area contributed by atoms with E-state index in [1.54, 1.807) is 30.3 Å². The number of methoxy groups -OCH3 is 1. The summed E-state index contributed by atoms with van der Waals surface area (Å²) in [6.45, 7) is 8.14. The fraction of sp³-hybridized carbons (Fsp3) is 0.267. The zero-order chi connectivity index (χ0) is 28.1. The molecule has 0 radical (unpaired) electrons. The van der Waals surface area contributed by atoms with Crippen LogP contribution in [0.15, 0.2) is 64.5 Å². The first-order valence-electron chi connectivity index (χ1n) is 12.6. The molecule has 9 nitrogen and oxygen atoms in total. The molecule has 202 valence electrons. The average Bonchev–Trinajstić information content (AvgIpc) is 2.91. The Bertz CT molecular complexity index is 1610. The van der Waals surface area contributed by atoms with Crippen LogP contribution < -0.4 is 19.8 Å². The Hall–Kier alpha value is -4.66. The second-order valence-corrected chi connectivity index (χ2v) is 9.20. The highest BCUT2D eigenvalue weighted by molar-refractivity contribution is 5.83. The van der Waals surface area contributed by atoms with Gasteiger partial charge in [-0.15, -0.1) is 0 Å². The van der Waals surface area contributed by atoms with Gasteiger partial charge in [0, 0.05) is 5.56 Å². The average molecular weight is 530 g/mol. The number of carbonyl (C=O) groups is 1. The van der Waals surface area contributed by atoms with Crippen LogP contribution in [0.2, 0.25) is 0 Å². The molecule has 4 aromatic rings. The first-order chi connectivity index (χ1) is 18.7. The molecule has 39 heavy (non-hydrogen) atoms. The van der Waals surface area contributed by atoms with Crippen molar-refractivity contribution in [3.63, 3.8) is 0 Å². The maximum absolute atomic E-state index is 13.7. The summed E-state index contributed by atoms with van der Waals surface area (Å²) < 4.78 is 17.8. The molecule has 0 saturated carbocycles. The number of hydrogen-bond acceptors (Lipinski definition) is 7. The van der Waals surface area contributed by atoms with Gasteiger partial charge in [0.25, 0.3) is 5.56 Å². The van der Waals surface area contributed by atoms with E-state index in [-0.39, 0.29) is 17.2 Å². The van der Waals surface area contributed by atoms with Gasteiger partial charge in [-0.3, -0.25) is 4.79 Å². The molecule has 0 amide bonds. The first kappa shape index (κ1) is 27.4. The predicted molar refractivity (Wildman–Crippen MR) is 151 cm³/mol. The summed E-state index contributed by atoms with van der Waals surface area (Å²) in [5, 5.41) is 13.9. The highest BCUT2D eigenvalue weighted by atomic mass is 16.5. The van der Waals surface area contributed by atoms with Crippen LogP contribution in [0.1, 0.15) is 43.4 Å². The molecular weight excluding hydrogens is 498 g/mol. The molecule has 0 atom stereocenters. The van der Waals surface area contributed by atoms with Crippen molar-refractivity contribution in [1.82, 2.24) is 9.66 Å². The number of carboxylic acids is 1. The summed E-state index contributed by atoms with van der Waals surface area (Å²) in [5.74, 6) is 0.935. The van der Waals surface area contributed by atoms with Gasteiger partial charge in [0.15, 0.2) is 23.9 Å². The van der Waals surface area contributed by atoms with Gasteiger partial charge in [0.1, 0.15) is 5.75 Å². The van der Waals surface area contributed by atoms with Crippen molar-refractivity contribution in [1.29, 1.82) is 0 Å². The van der Waals surface area contributed by atoms with E-state index >= 15 is 0 Å². The molecule has 0 aliphatic rings. The van der Waals surface area contributed by atoms with Gasteiger partial charge in [-0.25, -0.2) is 9.78 Å². The molecule has 4 rings (SSSR count). The summed E-state index contributed by atoms with van der Waals surface area (Å²) >= 11 is 0. The Morgan fingerprint density at radius 2 is 1.85 bits per heavy atom. The second kappa shape index (κ2) is 11.8. The van der Waals surface area contributed by atoms with E-state index in [9.17, 15) is 9.59 Å². The molecule has 0 saturated heterocycles. The van der Waals surface area contributed by atoms with Crippen molar-refractivity contribution in [2.45, 2.75) is 33.6 Å². The SMILES string of the molecule is CCOc1cc(C)c(-c2nc3ccccc3c(=O)n2N=Cc2ccc(OCC(=O)O)c(OC)c2)cc1C(C)C. The van der Waals surface area contributed by atoms with E-state index in [0.717, 1.165) is 22.4 Å². The summed E-state index contributed by atoms with van der Waals surface area (Å²) in [7, 11) is 1.46. The lowest BCUT2D eigenvalue weighted by Gasteiger charge is -2.18. The quantitative estimate of drug-likeness (QED) is 0.279. The maximum atomic E-state index is 13.7. The predicted octanol–water partition coefficient (Wildman–Crippen LogP) is 5.25. The summed E-state index contributed by atoms with van der Waals surface area (Å²) in [5.41, 5.74) is 3.57. The summed E-state index contributed by atoms with van der Waals surface area (Å²) in [6, 6.07) is 16.1. The number of ether oxygens (including phenoxy) is 3. The number of para-hydroxylation sites is 1. The highest BCUT2D eigenvalue weighted by Gasteiger charge is 2.18.